The summed E-state index contributed by atoms with van der Waals surface area (Å²) in [6.07, 6.45) is 3.48. The summed E-state index contributed by atoms with van der Waals surface area (Å²) in [5.41, 5.74) is 3.29. The SMILES string of the molecule is O=C(CS[C@@H](c1ccccc1)c1ccc(Cl)cc1)NCc1cccnc1. The van der Waals surface area contributed by atoms with Crippen LogP contribution in [0.5, 0.6) is 0 Å². The standard InChI is InChI=1S/C21H19ClN2OS/c22-19-10-8-18(9-11-19)21(17-6-2-1-3-7-17)26-15-20(25)24-14-16-5-4-12-23-13-16/h1-13,21H,14-15H2,(H,24,25)/t21-/m0/s1. The van der Waals surface area contributed by atoms with Crippen molar-refractivity contribution in [2.24, 2.45) is 0 Å². The lowest BCUT2D eigenvalue weighted by molar-refractivity contribution is -0.118. The van der Waals surface area contributed by atoms with Gasteiger partial charge in [-0.2, -0.15) is 0 Å². The predicted octanol–water partition coefficient (Wildman–Crippen LogP) is 4.87. The van der Waals surface area contributed by atoms with Crippen LogP contribution in [0.4, 0.5) is 0 Å². The second-order valence-electron chi connectivity index (χ2n) is 5.79. The molecule has 1 N–H and O–H groups in total. The Morgan fingerprint density at radius 1 is 1.00 bits per heavy atom. The normalized spacial score (nSPS) is 11.7. The fourth-order valence-electron chi connectivity index (χ4n) is 2.56. The highest BCUT2D eigenvalue weighted by atomic mass is 35.5. The Morgan fingerprint density at radius 3 is 2.42 bits per heavy atom. The molecule has 132 valence electrons. The van der Waals surface area contributed by atoms with Gasteiger partial charge in [0, 0.05) is 24.0 Å². The molecule has 1 heterocycles. The number of amides is 1. The van der Waals surface area contributed by atoms with Crippen LogP contribution in [-0.2, 0) is 11.3 Å². The van der Waals surface area contributed by atoms with E-state index in [-0.39, 0.29) is 11.2 Å². The molecule has 0 saturated heterocycles. The molecule has 0 fully saturated rings. The Kier molecular flexibility index (Phi) is 6.69. The Balaban J connectivity index is 1.64. The lowest BCUT2D eigenvalue weighted by Gasteiger charge is -2.18. The number of halogens is 1. The monoisotopic (exact) mass is 382 g/mol. The van der Waals surface area contributed by atoms with Crippen LogP contribution in [0.3, 0.4) is 0 Å². The van der Waals surface area contributed by atoms with Gasteiger partial charge in [0.05, 0.1) is 11.0 Å². The third-order valence-electron chi connectivity index (χ3n) is 3.87. The quantitative estimate of drug-likeness (QED) is 0.633. The van der Waals surface area contributed by atoms with E-state index in [1.165, 1.54) is 5.56 Å². The molecule has 0 spiro atoms. The number of hydrogen-bond acceptors (Lipinski definition) is 3. The highest BCUT2D eigenvalue weighted by Crippen LogP contribution is 2.35. The average molecular weight is 383 g/mol. The van der Waals surface area contributed by atoms with Crippen molar-refractivity contribution in [3.05, 3.63) is 101 Å². The van der Waals surface area contributed by atoms with Gasteiger partial charge in [0.25, 0.3) is 0 Å². The molecule has 1 aromatic heterocycles. The van der Waals surface area contributed by atoms with E-state index in [0.29, 0.717) is 17.3 Å². The molecule has 2 aromatic carbocycles. The lowest BCUT2D eigenvalue weighted by Crippen LogP contribution is -2.25. The van der Waals surface area contributed by atoms with Crippen LogP contribution in [0.25, 0.3) is 0 Å². The highest BCUT2D eigenvalue weighted by Gasteiger charge is 2.16. The van der Waals surface area contributed by atoms with Gasteiger partial charge in [0.2, 0.25) is 5.91 Å². The summed E-state index contributed by atoms with van der Waals surface area (Å²) in [7, 11) is 0. The van der Waals surface area contributed by atoms with Crippen molar-refractivity contribution < 1.29 is 4.79 Å². The van der Waals surface area contributed by atoms with Crippen molar-refractivity contribution in [1.29, 1.82) is 0 Å². The molecule has 3 rings (SSSR count). The molecule has 0 aliphatic heterocycles. The van der Waals surface area contributed by atoms with Gasteiger partial charge in [-0.05, 0) is 34.9 Å². The van der Waals surface area contributed by atoms with Crippen LogP contribution in [0.1, 0.15) is 21.9 Å². The molecule has 0 radical (unpaired) electrons. The first-order chi connectivity index (χ1) is 12.7. The van der Waals surface area contributed by atoms with Crippen LogP contribution in [-0.4, -0.2) is 16.6 Å². The number of nitrogens with one attached hydrogen (secondary N) is 1. The second-order valence-corrected chi connectivity index (χ2v) is 7.32. The van der Waals surface area contributed by atoms with E-state index in [0.717, 1.165) is 11.1 Å². The Labute approximate surface area is 162 Å². The van der Waals surface area contributed by atoms with Gasteiger partial charge in [-0.3, -0.25) is 9.78 Å². The third kappa shape index (κ3) is 5.35. The zero-order chi connectivity index (χ0) is 18.2. The van der Waals surface area contributed by atoms with Gasteiger partial charge >= 0.3 is 0 Å². The Hall–Kier alpha value is -2.30. The van der Waals surface area contributed by atoms with E-state index in [4.69, 9.17) is 11.6 Å². The molecule has 1 amide bonds. The zero-order valence-electron chi connectivity index (χ0n) is 14.1. The number of nitrogens with zero attached hydrogens (tertiary/aromatic N) is 1. The smallest absolute Gasteiger partial charge is 0.230 e. The molecule has 0 saturated carbocycles. The summed E-state index contributed by atoms with van der Waals surface area (Å²) >= 11 is 7.62. The molecule has 0 aliphatic carbocycles. The minimum Gasteiger partial charge on any atom is -0.351 e. The third-order valence-corrected chi connectivity index (χ3v) is 5.43. The second kappa shape index (κ2) is 9.41. The van der Waals surface area contributed by atoms with Crippen molar-refractivity contribution in [2.45, 2.75) is 11.8 Å². The number of benzene rings is 2. The largest absolute Gasteiger partial charge is 0.351 e. The fraction of sp³-hybridized carbons (Fsp3) is 0.143. The Bertz CT molecular complexity index is 826. The van der Waals surface area contributed by atoms with Gasteiger partial charge in [-0.1, -0.05) is 60.1 Å². The maximum Gasteiger partial charge on any atom is 0.230 e. The molecular formula is C21H19ClN2OS. The summed E-state index contributed by atoms with van der Waals surface area (Å²) < 4.78 is 0. The van der Waals surface area contributed by atoms with Crippen LogP contribution in [0, 0.1) is 0 Å². The molecule has 3 aromatic rings. The number of carbonyl (C=O) groups excluding carboxylic acids is 1. The topological polar surface area (TPSA) is 42.0 Å². The first kappa shape index (κ1) is 18.5. The van der Waals surface area contributed by atoms with E-state index in [2.05, 4.69) is 22.4 Å². The van der Waals surface area contributed by atoms with Gasteiger partial charge in [-0.15, -0.1) is 11.8 Å². The lowest BCUT2D eigenvalue weighted by atomic mass is 10.0. The summed E-state index contributed by atoms with van der Waals surface area (Å²) in [6.45, 7) is 0.490. The number of thioether (sulfide) groups is 1. The fourth-order valence-corrected chi connectivity index (χ4v) is 3.81. The van der Waals surface area contributed by atoms with Crippen molar-refractivity contribution in [3.63, 3.8) is 0 Å². The number of pyridine rings is 1. The molecule has 0 bridgehead atoms. The van der Waals surface area contributed by atoms with Crippen LogP contribution >= 0.6 is 23.4 Å². The molecule has 5 heteroatoms. The van der Waals surface area contributed by atoms with Crippen molar-refractivity contribution in [2.75, 3.05) is 5.75 Å². The number of rotatable bonds is 7. The minimum absolute atomic E-state index is 0.00810. The van der Waals surface area contributed by atoms with E-state index >= 15 is 0 Å². The number of hydrogen-bond donors (Lipinski definition) is 1. The molecule has 0 aliphatic rings. The van der Waals surface area contributed by atoms with Crippen molar-refractivity contribution in [3.8, 4) is 0 Å². The number of carbonyl (C=O) groups is 1. The van der Waals surface area contributed by atoms with Crippen molar-refractivity contribution in [1.82, 2.24) is 10.3 Å². The van der Waals surface area contributed by atoms with E-state index in [9.17, 15) is 4.79 Å². The maximum absolute atomic E-state index is 12.3. The van der Waals surface area contributed by atoms with E-state index < -0.39 is 0 Å². The van der Waals surface area contributed by atoms with Crippen LogP contribution < -0.4 is 5.32 Å². The van der Waals surface area contributed by atoms with E-state index in [1.807, 2.05) is 54.6 Å². The van der Waals surface area contributed by atoms with Crippen LogP contribution in [0.15, 0.2) is 79.1 Å². The van der Waals surface area contributed by atoms with E-state index in [1.54, 1.807) is 24.2 Å². The minimum atomic E-state index is 0.00810. The van der Waals surface area contributed by atoms with Gasteiger partial charge in [0.1, 0.15) is 0 Å². The summed E-state index contributed by atoms with van der Waals surface area (Å²) in [6, 6.07) is 21.8. The average Bonchev–Trinajstić information content (AvgIpc) is 2.69. The number of aromatic nitrogens is 1. The maximum atomic E-state index is 12.3. The van der Waals surface area contributed by atoms with Crippen molar-refractivity contribution >= 4 is 29.3 Å². The Morgan fingerprint density at radius 2 is 1.73 bits per heavy atom. The van der Waals surface area contributed by atoms with Gasteiger partial charge in [-0.25, -0.2) is 0 Å². The van der Waals surface area contributed by atoms with Gasteiger partial charge in [0.15, 0.2) is 0 Å². The first-order valence-electron chi connectivity index (χ1n) is 8.30. The summed E-state index contributed by atoms with van der Waals surface area (Å²) in [4.78, 5) is 16.3. The molecule has 0 unspecified atom stereocenters. The molecular weight excluding hydrogens is 364 g/mol. The summed E-state index contributed by atoms with van der Waals surface area (Å²) in [5.74, 6) is 0.386. The van der Waals surface area contributed by atoms with Gasteiger partial charge < -0.3 is 5.32 Å². The molecule has 3 nitrogen and oxygen atoms in total. The summed E-state index contributed by atoms with van der Waals surface area (Å²) in [5, 5.41) is 3.73. The molecule has 26 heavy (non-hydrogen) atoms. The predicted molar refractivity (Wildman–Crippen MR) is 108 cm³/mol. The van der Waals surface area contributed by atoms with Crippen LogP contribution in [0.2, 0.25) is 5.02 Å². The first-order valence-corrected chi connectivity index (χ1v) is 9.72. The molecule has 1 atom stereocenters. The zero-order valence-corrected chi connectivity index (χ0v) is 15.7. The highest BCUT2D eigenvalue weighted by molar-refractivity contribution is 8.00.